The lowest BCUT2D eigenvalue weighted by Crippen LogP contribution is -2.34. The first-order chi connectivity index (χ1) is 11.0. The summed E-state index contributed by atoms with van der Waals surface area (Å²) >= 11 is 0. The smallest absolute Gasteiger partial charge is 0.234 e. The second-order valence-electron chi connectivity index (χ2n) is 5.81. The molecule has 0 atom stereocenters. The van der Waals surface area contributed by atoms with Crippen molar-refractivity contribution in [1.29, 1.82) is 0 Å². The van der Waals surface area contributed by atoms with Crippen molar-refractivity contribution in [2.75, 3.05) is 17.0 Å². The van der Waals surface area contributed by atoms with E-state index in [-0.39, 0.29) is 24.1 Å². The summed E-state index contributed by atoms with van der Waals surface area (Å²) < 4.78 is 28.4. The van der Waals surface area contributed by atoms with E-state index >= 15 is 0 Å². The van der Waals surface area contributed by atoms with Crippen LogP contribution in [-0.4, -0.2) is 36.2 Å². The highest BCUT2D eigenvalue weighted by molar-refractivity contribution is 7.92. The third kappa shape index (κ3) is 4.01. The van der Waals surface area contributed by atoms with Gasteiger partial charge in [-0.3, -0.25) is 9.52 Å². The molecule has 2 heterocycles. The lowest BCUT2D eigenvalue weighted by Gasteiger charge is -2.11. The molecule has 0 unspecified atom stereocenters. The summed E-state index contributed by atoms with van der Waals surface area (Å²) in [4.78, 5) is 11.9. The van der Waals surface area contributed by atoms with Gasteiger partial charge in [-0.05, 0) is 31.0 Å². The van der Waals surface area contributed by atoms with Gasteiger partial charge in [0.05, 0.1) is 17.0 Å². The largest absolute Gasteiger partial charge is 0.355 e. The highest BCUT2D eigenvalue weighted by atomic mass is 32.2. The van der Waals surface area contributed by atoms with Gasteiger partial charge in [0.15, 0.2) is 0 Å². The van der Waals surface area contributed by atoms with Crippen LogP contribution in [0.25, 0.3) is 5.52 Å². The van der Waals surface area contributed by atoms with Gasteiger partial charge in [-0.2, -0.15) is 5.10 Å². The van der Waals surface area contributed by atoms with Gasteiger partial charge in [-0.25, -0.2) is 12.9 Å². The van der Waals surface area contributed by atoms with Crippen molar-refractivity contribution in [2.45, 2.75) is 25.7 Å². The molecule has 1 aliphatic rings. The monoisotopic (exact) mass is 336 g/mol. The van der Waals surface area contributed by atoms with Crippen LogP contribution >= 0.6 is 0 Å². The number of carbonyl (C=O) groups excluding carboxylic acids is 1. The lowest BCUT2D eigenvalue weighted by atomic mass is 10.1. The maximum absolute atomic E-state index is 12.1. The van der Waals surface area contributed by atoms with Crippen LogP contribution in [0.15, 0.2) is 30.6 Å². The van der Waals surface area contributed by atoms with Crippen molar-refractivity contribution in [3.63, 3.8) is 0 Å². The van der Waals surface area contributed by atoms with E-state index < -0.39 is 10.0 Å². The predicted molar refractivity (Wildman–Crippen MR) is 87.6 cm³/mol. The highest BCUT2D eigenvalue weighted by Crippen LogP contribution is 2.24. The van der Waals surface area contributed by atoms with Crippen LogP contribution in [-0.2, 0) is 14.8 Å². The van der Waals surface area contributed by atoms with E-state index in [1.807, 2.05) is 0 Å². The van der Waals surface area contributed by atoms with Crippen molar-refractivity contribution in [2.24, 2.45) is 5.92 Å². The molecular formula is C15H20N4O3S. The van der Waals surface area contributed by atoms with Crippen molar-refractivity contribution in [3.8, 4) is 0 Å². The Morgan fingerprint density at radius 3 is 2.87 bits per heavy atom. The third-order valence-electron chi connectivity index (χ3n) is 4.07. The second-order valence-corrected chi connectivity index (χ2v) is 7.65. The molecule has 0 radical (unpaired) electrons. The maximum Gasteiger partial charge on any atom is 0.234 e. The molecule has 8 heteroatoms. The molecule has 23 heavy (non-hydrogen) atoms. The average Bonchev–Trinajstić information content (AvgIpc) is 3.17. The Balaban J connectivity index is 1.53. The molecule has 2 N–H and O–H groups in total. The number of carbonyl (C=O) groups is 1. The van der Waals surface area contributed by atoms with Gasteiger partial charge in [-0.1, -0.05) is 12.8 Å². The number of hydrogen-bond acceptors (Lipinski definition) is 4. The van der Waals surface area contributed by atoms with Gasteiger partial charge in [0, 0.05) is 24.9 Å². The van der Waals surface area contributed by atoms with Crippen molar-refractivity contribution < 1.29 is 13.2 Å². The summed E-state index contributed by atoms with van der Waals surface area (Å²) in [6.07, 6.45) is 7.30. The molecule has 1 saturated carbocycles. The SMILES string of the molecule is O=C(NCCS(=O)(=O)Nc1ccn2nccc2c1)C1CCCC1. The summed E-state index contributed by atoms with van der Waals surface area (Å²) in [6.45, 7) is 0.125. The first kappa shape index (κ1) is 15.8. The van der Waals surface area contributed by atoms with Crippen LogP contribution in [0.5, 0.6) is 0 Å². The van der Waals surface area contributed by atoms with E-state index in [9.17, 15) is 13.2 Å². The summed E-state index contributed by atoms with van der Waals surface area (Å²) in [7, 11) is -3.50. The van der Waals surface area contributed by atoms with Crippen LogP contribution < -0.4 is 10.0 Å². The van der Waals surface area contributed by atoms with Crippen molar-refractivity contribution >= 4 is 27.1 Å². The standard InChI is InChI=1S/C15H20N4O3S/c20-15(12-3-1-2-4-12)16-8-10-23(21,22)18-13-6-9-19-14(11-13)5-7-17-19/h5-7,9,11-12,18H,1-4,8,10H2,(H,16,20). The number of hydrogen-bond donors (Lipinski definition) is 2. The van der Waals surface area contributed by atoms with Crippen LogP contribution in [0.4, 0.5) is 5.69 Å². The van der Waals surface area contributed by atoms with E-state index in [4.69, 9.17) is 0 Å². The van der Waals surface area contributed by atoms with Crippen molar-refractivity contribution in [1.82, 2.24) is 14.9 Å². The molecule has 2 aromatic rings. The third-order valence-corrected chi connectivity index (χ3v) is 5.36. The molecule has 0 spiro atoms. The Hall–Kier alpha value is -2.09. The minimum atomic E-state index is -3.50. The minimum absolute atomic E-state index is 0.0293. The van der Waals surface area contributed by atoms with Gasteiger partial charge < -0.3 is 5.32 Å². The number of anilines is 1. The van der Waals surface area contributed by atoms with E-state index in [2.05, 4.69) is 15.1 Å². The van der Waals surface area contributed by atoms with E-state index in [0.717, 1.165) is 31.2 Å². The fourth-order valence-electron chi connectivity index (χ4n) is 2.86. The van der Waals surface area contributed by atoms with Crippen LogP contribution in [0.1, 0.15) is 25.7 Å². The lowest BCUT2D eigenvalue weighted by molar-refractivity contribution is -0.124. The molecule has 0 bridgehead atoms. The van der Waals surface area contributed by atoms with Crippen LogP contribution in [0.2, 0.25) is 0 Å². The minimum Gasteiger partial charge on any atom is -0.355 e. The zero-order valence-corrected chi connectivity index (χ0v) is 13.6. The fraction of sp³-hybridized carbons (Fsp3) is 0.467. The Morgan fingerprint density at radius 1 is 1.30 bits per heavy atom. The predicted octanol–water partition coefficient (Wildman–Crippen LogP) is 1.38. The van der Waals surface area contributed by atoms with E-state index in [1.165, 1.54) is 0 Å². The maximum atomic E-state index is 12.1. The summed E-state index contributed by atoms with van der Waals surface area (Å²) in [5.74, 6) is -0.121. The van der Waals surface area contributed by atoms with Crippen molar-refractivity contribution in [3.05, 3.63) is 30.6 Å². The molecule has 0 saturated heterocycles. The number of nitrogens with zero attached hydrogens (tertiary/aromatic N) is 2. The van der Waals surface area contributed by atoms with Crippen LogP contribution in [0, 0.1) is 5.92 Å². The molecule has 1 aliphatic carbocycles. The molecule has 7 nitrogen and oxygen atoms in total. The number of amides is 1. The summed E-state index contributed by atoms with van der Waals surface area (Å²) in [5.41, 5.74) is 1.29. The number of aromatic nitrogens is 2. The summed E-state index contributed by atoms with van der Waals surface area (Å²) in [5, 5.41) is 6.77. The summed E-state index contributed by atoms with van der Waals surface area (Å²) in [6, 6.07) is 5.15. The Kier molecular flexibility index (Phi) is 4.51. The zero-order chi connectivity index (χ0) is 16.3. The Morgan fingerprint density at radius 2 is 2.09 bits per heavy atom. The zero-order valence-electron chi connectivity index (χ0n) is 12.7. The van der Waals surface area contributed by atoms with Gasteiger partial charge >= 0.3 is 0 Å². The molecule has 3 rings (SSSR count). The Bertz CT molecular complexity index is 794. The Labute approximate surface area is 135 Å². The van der Waals surface area contributed by atoms with Gasteiger partial charge in [0.25, 0.3) is 0 Å². The first-order valence-electron chi connectivity index (χ1n) is 7.75. The second kappa shape index (κ2) is 6.57. The van der Waals surface area contributed by atoms with E-state index in [0.29, 0.717) is 5.69 Å². The van der Waals surface area contributed by atoms with Gasteiger partial charge in [0.2, 0.25) is 15.9 Å². The molecule has 124 valence electrons. The first-order valence-corrected chi connectivity index (χ1v) is 9.40. The fourth-order valence-corrected chi connectivity index (χ4v) is 3.82. The normalized spacial score (nSPS) is 15.8. The number of rotatable bonds is 6. The number of sulfonamides is 1. The molecule has 0 aliphatic heterocycles. The van der Waals surface area contributed by atoms with Gasteiger partial charge in [-0.15, -0.1) is 0 Å². The molecule has 1 fully saturated rings. The highest BCUT2D eigenvalue weighted by Gasteiger charge is 2.22. The van der Waals surface area contributed by atoms with E-state index in [1.54, 1.807) is 35.1 Å². The topological polar surface area (TPSA) is 92.6 Å². The molecule has 1 amide bonds. The van der Waals surface area contributed by atoms with Gasteiger partial charge in [0.1, 0.15) is 0 Å². The number of nitrogens with one attached hydrogen (secondary N) is 2. The molecular weight excluding hydrogens is 316 g/mol. The quantitative estimate of drug-likeness (QED) is 0.833. The molecule has 2 aromatic heterocycles. The number of fused-ring (bicyclic) bond motifs is 1. The molecule has 0 aromatic carbocycles. The van der Waals surface area contributed by atoms with Crippen LogP contribution in [0.3, 0.4) is 0 Å². The average molecular weight is 336 g/mol. The number of pyridine rings is 1.